The predicted octanol–water partition coefficient (Wildman–Crippen LogP) is 3.95. The van der Waals surface area contributed by atoms with Crippen molar-refractivity contribution in [3.8, 4) is 0 Å². The van der Waals surface area contributed by atoms with Gasteiger partial charge in [-0.15, -0.1) is 0 Å². The number of anilines is 1. The molecule has 1 aromatic carbocycles. The lowest BCUT2D eigenvalue weighted by Crippen LogP contribution is -2.32. The molecule has 2 atom stereocenters. The molecule has 1 aliphatic carbocycles. The van der Waals surface area contributed by atoms with Crippen LogP contribution in [0.15, 0.2) is 24.3 Å². The Kier molecular flexibility index (Phi) is 3.25. The first-order valence-electron chi connectivity index (χ1n) is 6.13. The summed E-state index contributed by atoms with van der Waals surface area (Å²) in [7, 11) is 0. The lowest BCUT2D eigenvalue weighted by atomic mass is 9.95. The molecule has 4 heteroatoms. The zero-order valence-corrected chi connectivity index (χ0v) is 11.3. The van der Waals surface area contributed by atoms with Crippen LogP contribution in [-0.4, -0.2) is 16.3 Å². The maximum atomic E-state index is 4.66. The van der Waals surface area contributed by atoms with Crippen LogP contribution in [0.1, 0.15) is 25.7 Å². The van der Waals surface area contributed by atoms with E-state index in [0.717, 1.165) is 10.6 Å². The average Bonchev–Trinajstić information content (AvgIpc) is 2.74. The monoisotopic (exact) mass is 264 g/mol. The van der Waals surface area contributed by atoms with Crippen LogP contribution >= 0.6 is 24.0 Å². The molecule has 2 unspecified atom stereocenters. The van der Waals surface area contributed by atoms with Gasteiger partial charge in [0.1, 0.15) is 0 Å². The van der Waals surface area contributed by atoms with E-state index in [0.29, 0.717) is 11.3 Å². The molecule has 1 saturated carbocycles. The Bertz CT molecular complexity index is 476. The van der Waals surface area contributed by atoms with Crippen molar-refractivity contribution in [1.29, 1.82) is 0 Å². The van der Waals surface area contributed by atoms with E-state index in [4.69, 9.17) is 0 Å². The quantitative estimate of drug-likeness (QED) is 0.803. The first-order valence-corrected chi connectivity index (χ1v) is 7.46. The maximum absolute atomic E-state index is 4.66. The number of nitrogens with zero attached hydrogens (tertiary/aromatic N) is 1. The van der Waals surface area contributed by atoms with Crippen LogP contribution in [-0.2, 0) is 0 Å². The summed E-state index contributed by atoms with van der Waals surface area (Å²) in [5.41, 5.74) is 1.09. The van der Waals surface area contributed by atoms with Gasteiger partial charge < -0.3 is 5.32 Å². The Labute approximate surface area is 111 Å². The van der Waals surface area contributed by atoms with Gasteiger partial charge >= 0.3 is 0 Å². The van der Waals surface area contributed by atoms with Crippen molar-refractivity contribution in [3.05, 3.63) is 24.3 Å². The van der Waals surface area contributed by atoms with E-state index in [1.807, 2.05) is 6.07 Å². The molecule has 0 bridgehead atoms. The minimum atomic E-state index is 0.468. The van der Waals surface area contributed by atoms with Gasteiger partial charge in [-0.05, 0) is 25.0 Å². The van der Waals surface area contributed by atoms with Crippen LogP contribution in [0.3, 0.4) is 0 Å². The standard InChI is InChI=1S/C13H16N2S2/c16-11-7-3-1-5-9(11)14-13-15-10-6-2-4-8-12(10)17-13/h2,4,6,8-9,11,16H,1,3,5,7H2,(H,14,15). The molecule has 1 N–H and O–H groups in total. The highest BCUT2D eigenvalue weighted by Crippen LogP contribution is 2.30. The minimum absolute atomic E-state index is 0.468. The topological polar surface area (TPSA) is 24.9 Å². The minimum Gasteiger partial charge on any atom is -0.358 e. The molecule has 1 heterocycles. The lowest BCUT2D eigenvalue weighted by molar-refractivity contribution is 0.476. The van der Waals surface area contributed by atoms with Crippen LogP contribution in [0.5, 0.6) is 0 Å². The molecule has 0 saturated heterocycles. The number of para-hydroxylation sites is 1. The highest BCUT2D eigenvalue weighted by molar-refractivity contribution is 7.81. The van der Waals surface area contributed by atoms with E-state index in [9.17, 15) is 0 Å². The molecule has 0 spiro atoms. The highest BCUT2D eigenvalue weighted by Gasteiger charge is 2.22. The second-order valence-electron chi connectivity index (χ2n) is 4.59. The Morgan fingerprint density at radius 2 is 2.06 bits per heavy atom. The summed E-state index contributed by atoms with van der Waals surface area (Å²) >= 11 is 6.40. The number of aromatic nitrogens is 1. The van der Waals surface area contributed by atoms with Gasteiger partial charge in [0.25, 0.3) is 0 Å². The van der Waals surface area contributed by atoms with Gasteiger partial charge in [0.15, 0.2) is 5.13 Å². The van der Waals surface area contributed by atoms with Crippen LogP contribution in [0.2, 0.25) is 0 Å². The Hall–Kier alpha value is -0.740. The summed E-state index contributed by atoms with van der Waals surface area (Å²) in [4.78, 5) is 4.61. The fraction of sp³-hybridized carbons (Fsp3) is 0.462. The first-order chi connectivity index (χ1) is 8.33. The van der Waals surface area contributed by atoms with Gasteiger partial charge in [-0.2, -0.15) is 12.6 Å². The second-order valence-corrected chi connectivity index (χ2v) is 6.28. The first kappa shape index (κ1) is 11.4. The van der Waals surface area contributed by atoms with Crippen molar-refractivity contribution >= 4 is 39.3 Å². The molecule has 3 rings (SSSR count). The Balaban J connectivity index is 1.79. The summed E-state index contributed by atoms with van der Waals surface area (Å²) in [6, 6.07) is 8.76. The largest absolute Gasteiger partial charge is 0.358 e. The van der Waals surface area contributed by atoms with Crippen LogP contribution in [0.25, 0.3) is 10.2 Å². The van der Waals surface area contributed by atoms with Crippen molar-refractivity contribution in [2.24, 2.45) is 0 Å². The molecular weight excluding hydrogens is 248 g/mol. The molecule has 0 amide bonds. The summed E-state index contributed by atoms with van der Waals surface area (Å²) in [5, 5.41) is 5.06. The van der Waals surface area contributed by atoms with Crippen molar-refractivity contribution < 1.29 is 0 Å². The molecule has 0 aliphatic heterocycles. The number of benzene rings is 1. The third-order valence-electron chi connectivity index (χ3n) is 3.33. The van der Waals surface area contributed by atoms with Crippen molar-refractivity contribution in [1.82, 2.24) is 4.98 Å². The number of hydrogen-bond donors (Lipinski definition) is 2. The van der Waals surface area contributed by atoms with Gasteiger partial charge in [-0.25, -0.2) is 4.98 Å². The van der Waals surface area contributed by atoms with Crippen LogP contribution in [0.4, 0.5) is 5.13 Å². The molecule has 2 nitrogen and oxygen atoms in total. The van der Waals surface area contributed by atoms with Crippen LogP contribution < -0.4 is 5.32 Å². The third kappa shape index (κ3) is 2.43. The average molecular weight is 264 g/mol. The summed E-state index contributed by atoms with van der Waals surface area (Å²) < 4.78 is 1.25. The van der Waals surface area contributed by atoms with Gasteiger partial charge in [-0.1, -0.05) is 36.3 Å². The van der Waals surface area contributed by atoms with Gasteiger partial charge in [0.2, 0.25) is 0 Å². The molecule has 1 aromatic heterocycles. The zero-order valence-electron chi connectivity index (χ0n) is 9.60. The number of hydrogen-bond acceptors (Lipinski definition) is 4. The van der Waals surface area contributed by atoms with Crippen molar-refractivity contribution in [3.63, 3.8) is 0 Å². The summed E-state index contributed by atoms with van der Waals surface area (Å²) in [6.45, 7) is 0. The fourth-order valence-corrected chi connectivity index (χ4v) is 3.71. The van der Waals surface area contributed by atoms with Crippen LogP contribution in [0, 0.1) is 0 Å². The highest BCUT2D eigenvalue weighted by atomic mass is 32.1. The van der Waals surface area contributed by atoms with E-state index in [2.05, 4.69) is 41.1 Å². The molecule has 2 aromatic rings. The predicted molar refractivity (Wildman–Crippen MR) is 78.3 cm³/mol. The molecular formula is C13H16N2S2. The number of nitrogens with one attached hydrogen (secondary N) is 1. The fourth-order valence-electron chi connectivity index (χ4n) is 2.37. The third-order valence-corrected chi connectivity index (χ3v) is 4.92. The Morgan fingerprint density at radius 1 is 1.24 bits per heavy atom. The molecule has 0 radical (unpaired) electrons. The van der Waals surface area contributed by atoms with Gasteiger partial charge in [-0.3, -0.25) is 0 Å². The Morgan fingerprint density at radius 3 is 2.88 bits per heavy atom. The normalized spacial score (nSPS) is 25.0. The zero-order chi connectivity index (χ0) is 11.7. The van der Waals surface area contributed by atoms with E-state index >= 15 is 0 Å². The SMILES string of the molecule is SC1CCCCC1Nc1nc2ccccc2s1. The summed E-state index contributed by atoms with van der Waals surface area (Å²) in [5.74, 6) is 0. The van der Waals surface area contributed by atoms with Crippen molar-refractivity contribution in [2.75, 3.05) is 5.32 Å². The molecule has 1 aliphatic rings. The number of rotatable bonds is 2. The number of thiazole rings is 1. The lowest BCUT2D eigenvalue weighted by Gasteiger charge is -2.28. The van der Waals surface area contributed by atoms with E-state index in [1.54, 1.807) is 11.3 Å². The smallest absolute Gasteiger partial charge is 0.184 e. The van der Waals surface area contributed by atoms with Gasteiger partial charge in [0.05, 0.1) is 10.2 Å². The van der Waals surface area contributed by atoms with Crippen molar-refractivity contribution in [2.45, 2.75) is 37.0 Å². The molecule has 1 fully saturated rings. The van der Waals surface area contributed by atoms with E-state index < -0.39 is 0 Å². The molecule has 90 valence electrons. The summed E-state index contributed by atoms with van der Waals surface area (Å²) in [6.07, 6.45) is 5.04. The number of thiol groups is 1. The van der Waals surface area contributed by atoms with E-state index in [1.165, 1.54) is 30.4 Å². The van der Waals surface area contributed by atoms with E-state index in [-0.39, 0.29) is 0 Å². The number of fused-ring (bicyclic) bond motifs is 1. The molecule has 17 heavy (non-hydrogen) atoms. The second kappa shape index (κ2) is 4.86. The van der Waals surface area contributed by atoms with Gasteiger partial charge in [0, 0.05) is 11.3 Å². The maximum Gasteiger partial charge on any atom is 0.184 e.